The molecule has 1 aliphatic carbocycles. The first-order chi connectivity index (χ1) is 13.3. The van der Waals surface area contributed by atoms with E-state index in [1.54, 1.807) is 23.6 Å². The summed E-state index contributed by atoms with van der Waals surface area (Å²) in [4.78, 5) is 29.3. The van der Waals surface area contributed by atoms with Crippen molar-refractivity contribution in [2.24, 2.45) is 10.9 Å². The number of fused-ring (bicyclic) bond motifs is 1. The molecule has 7 nitrogen and oxygen atoms in total. The lowest BCUT2D eigenvalue weighted by Crippen LogP contribution is -2.23. The number of hydrogen-bond donors (Lipinski definition) is 0. The fraction of sp³-hybridized carbons (Fsp3) is 0.526. The van der Waals surface area contributed by atoms with Gasteiger partial charge in [0, 0.05) is 12.7 Å². The summed E-state index contributed by atoms with van der Waals surface area (Å²) in [5.41, 5.74) is 0.651. The van der Waals surface area contributed by atoms with Crippen LogP contribution in [0.3, 0.4) is 0 Å². The normalized spacial score (nSPS) is 16.0. The summed E-state index contributed by atoms with van der Waals surface area (Å²) in [5, 5.41) is 0. The average Bonchev–Trinajstić information content (AvgIpc) is 3.22. The highest BCUT2D eigenvalue weighted by Crippen LogP contribution is 2.28. The van der Waals surface area contributed by atoms with Crippen LogP contribution in [0.25, 0.3) is 10.2 Å². The Morgan fingerprint density at radius 1 is 1.29 bits per heavy atom. The van der Waals surface area contributed by atoms with E-state index in [1.165, 1.54) is 17.4 Å². The van der Waals surface area contributed by atoms with Crippen molar-refractivity contribution in [2.75, 3.05) is 12.9 Å². The molecule has 0 aliphatic heterocycles. The molecule has 1 aliphatic rings. The number of carbonyl (C=O) groups excluding carboxylic acids is 2. The third-order valence-corrected chi connectivity index (χ3v) is 6.98. The Morgan fingerprint density at radius 2 is 2.00 bits per heavy atom. The maximum Gasteiger partial charge on any atom is 0.326 e. The van der Waals surface area contributed by atoms with Crippen LogP contribution in [0, 0.1) is 5.92 Å². The number of esters is 1. The summed E-state index contributed by atoms with van der Waals surface area (Å²) >= 11 is 1.20. The second-order valence-corrected chi connectivity index (χ2v) is 10.1. The van der Waals surface area contributed by atoms with Gasteiger partial charge in [-0.2, -0.15) is 4.99 Å². The molecule has 1 aromatic carbocycles. The molecule has 1 aromatic heterocycles. The van der Waals surface area contributed by atoms with Crippen LogP contribution in [0.5, 0.6) is 0 Å². The average molecular weight is 425 g/mol. The van der Waals surface area contributed by atoms with E-state index in [0.29, 0.717) is 27.4 Å². The van der Waals surface area contributed by atoms with Gasteiger partial charge in [-0.25, -0.2) is 8.42 Å². The Hall–Kier alpha value is -2.00. The van der Waals surface area contributed by atoms with Crippen molar-refractivity contribution in [3.05, 3.63) is 23.0 Å². The Kier molecular flexibility index (Phi) is 6.34. The molecule has 152 valence electrons. The molecule has 1 heterocycles. The molecular weight excluding hydrogens is 400 g/mol. The molecule has 0 saturated heterocycles. The van der Waals surface area contributed by atoms with Gasteiger partial charge in [-0.15, -0.1) is 0 Å². The third kappa shape index (κ3) is 4.88. The number of sulfone groups is 1. The molecule has 3 rings (SSSR count). The predicted octanol–water partition coefficient (Wildman–Crippen LogP) is 2.68. The van der Waals surface area contributed by atoms with E-state index < -0.39 is 15.8 Å². The fourth-order valence-electron chi connectivity index (χ4n) is 3.47. The molecular formula is C19H24N2O5S2. The Morgan fingerprint density at radius 3 is 2.64 bits per heavy atom. The lowest BCUT2D eigenvalue weighted by molar-refractivity contribution is -0.143. The summed E-state index contributed by atoms with van der Waals surface area (Å²) in [7, 11) is -3.36. The van der Waals surface area contributed by atoms with Crippen LogP contribution >= 0.6 is 11.3 Å². The van der Waals surface area contributed by atoms with Gasteiger partial charge in [0.1, 0.15) is 6.54 Å². The molecule has 1 amide bonds. The maximum absolute atomic E-state index is 12.4. The van der Waals surface area contributed by atoms with Gasteiger partial charge in [0.2, 0.25) is 5.91 Å². The highest BCUT2D eigenvalue weighted by Gasteiger charge is 2.19. The van der Waals surface area contributed by atoms with Crippen LogP contribution in [0.1, 0.15) is 39.0 Å². The van der Waals surface area contributed by atoms with E-state index in [9.17, 15) is 18.0 Å². The minimum absolute atomic E-state index is 0.0817. The number of ether oxygens (including phenoxy) is 1. The molecule has 9 heteroatoms. The lowest BCUT2D eigenvalue weighted by Gasteiger charge is -2.06. The standard InChI is InChI=1S/C19H24N2O5S2/c1-3-26-18(23)12-21-15-9-8-14(28(2,24)25)11-16(15)27-19(21)20-17(22)10-13-6-4-5-7-13/h8-9,11,13H,3-7,10,12H2,1-2H3. The molecule has 0 atom stereocenters. The number of thiazole rings is 1. The van der Waals surface area contributed by atoms with Gasteiger partial charge in [0.25, 0.3) is 0 Å². The van der Waals surface area contributed by atoms with E-state index in [2.05, 4.69) is 4.99 Å². The molecule has 0 N–H and O–H groups in total. The zero-order chi connectivity index (χ0) is 20.3. The van der Waals surface area contributed by atoms with E-state index in [0.717, 1.165) is 31.9 Å². The minimum atomic E-state index is -3.36. The van der Waals surface area contributed by atoms with Crippen molar-refractivity contribution in [1.29, 1.82) is 0 Å². The van der Waals surface area contributed by atoms with Crippen LogP contribution in [0.2, 0.25) is 0 Å². The van der Waals surface area contributed by atoms with E-state index in [4.69, 9.17) is 4.74 Å². The minimum Gasteiger partial charge on any atom is -0.465 e. The molecule has 2 aromatic rings. The van der Waals surface area contributed by atoms with E-state index in [-0.39, 0.29) is 24.0 Å². The summed E-state index contributed by atoms with van der Waals surface area (Å²) < 4.78 is 31.0. The largest absolute Gasteiger partial charge is 0.465 e. The topological polar surface area (TPSA) is 94.8 Å². The van der Waals surface area contributed by atoms with Crippen LogP contribution in [0.15, 0.2) is 28.1 Å². The van der Waals surface area contributed by atoms with Gasteiger partial charge >= 0.3 is 5.97 Å². The van der Waals surface area contributed by atoms with Crippen molar-refractivity contribution < 1.29 is 22.7 Å². The summed E-state index contributed by atoms with van der Waals surface area (Å²) in [6, 6.07) is 4.69. The number of hydrogen-bond acceptors (Lipinski definition) is 6. The molecule has 0 radical (unpaired) electrons. The fourth-order valence-corrected chi connectivity index (χ4v) is 5.28. The quantitative estimate of drug-likeness (QED) is 0.665. The predicted molar refractivity (Wildman–Crippen MR) is 107 cm³/mol. The number of benzene rings is 1. The number of carbonyl (C=O) groups is 2. The van der Waals surface area contributed by atoms with Gasteiger partial charge < -0.3 is 9.30 Å². The van der Waals surface area contributed by atoms with Crippen molar-refractivity contribution in [1.82, 2.24) is 4.57 Å². The van der Waals surface area contributed by atoms with E-state index >= 15 is 0 Å². The van der Waals surface area contributed by atoms with Crippen molar-refractivity contribution in [3.63, 3.8) is 0 Å². The Labute approximate surface area is 168 Å². The van der Waals surface area contributed by atoms with Crippen LogP contribution in [0.4, 0.5) is 0 Å². The number of rotatable bonds is 6. The van der Waals surface area contributed by atoms with Crippen LogP contribution < -0.4 is 4.80 Å². The molecule has 0 bridgehead atoms. The smallest absolute Gasteiger partial charge is 0.326 e. The molecule has 1 saturated carbocycles. The maximum atomic E-state index is 12.4. The number of nitrogens with zero attached hydrogens (tertiary/aromatic N) is 2. The van der Waals surface area contributed by atoms with Gasteiger partial charge in [0.05, 0.1) is 21.7 Å². The SMILES string of the molecule is CCOC(=O)Cn1c(=NC(=O)CC2CCCC2)sc2cc(S(C)(=O)=O)ccc21. The van der Waals surface area contributed by atoms with Crippen LogP contribution in [-0.4, -0.2) is 37.7 Å². The van der Waals surface area contributed by atoms with Gasteiger partial charge in [-0.05, 0) is 43.9 Å². The first-order valence-corrected chi connectivity index (χ1v) is 12.1. The van der Waals surface area contributed by atoms with Crippen LogP contribution in [-0.2, 0) is 30.7 Å². The number of amides is 1. The van der Waals surface area contributed by atoms with Crippen molar-refractivity contribution >= 4 is 43.3 Å². The highest BCUT2D eigenvalue weighted by molar-refractivity contribution is 7.90. The first kappa shape index (κ1) is 20.7. The van der Waals surface area contributed by atoms with Crippen molar-refractivity contribution in [2.45, 2.75) is 50.5 Å². The molecule has 1 fully saturated rings. The summed E-state index contributed by atoms with van der Waals surface area (Å²) in [6.45, 7) is 1.90. The number of aromatic nitrogens is 1. The molecule has 0 unspecified atom stereocenters. The Balaban J connectivity index is 2.03. The zero-order valence-corrected chi connectivity index (χ0v) is 17.6. The second kappa shape index (κ2) is 8.57. The highest BCUT2D eigenvalue weighted by atomic mass is 32.2. The van der Waals surface area contributed by atoms with E-state index in [1.807, 2.05) is 0 Å². The van der Waals surface area contributed by atoms with Gasteiger partial charge in [-0.1, -0.05) is 24.2 Å². The molecule has 28 heavy (non-hydrogen) atoms. The Bertz CT molecular complexity index is 1060. The monoisotopic (exact) mass is 424 g/mol. The first-order valence-electron chi connectivity index (χ1n) is 9.34. The third-order valence-electron chi connectivity index (χ3n) is 4.83. The van der Waals surface area contributed by atoms with Gasteiger partial charge in [0.15, 0.2) is 14.6 Å². The summed E-state index contributed by atoms with van der Waals surface area (Å²) in [6.07, 6.45) is 5.95. The van der Waals surface area contributed by atoms with Gasteiger partial charge in [-0.3, -0.25) is 9.59 Å². The van der Waals surface area contributed by atoms with Crippen molar-refractivity contribution in [3.8, 4) is 0 Å². The second-order valence-electron chi connectivity index (χ2n) is 7.04. The summed E-state index contributed by atoms with van der Waals surface area (Å²) in [5.74, 6) is -0.264. The zero-order valence-electron chi connectivity index (χ0n) is 16.0. The lowest BCUT2D eigenvalue weighted by atomic mass is 10.0. The molecule has 0 spiro atoms.